The maximum atomic E-state index is 12.6. The van der Waals surface area contributed by atoms with Crippen LogP contribution in [0.5, 0.6) is 11.5 Å². The number of hydrogen-bond donors (Lipinski definition) is 2. The summed E-state index contributed by atoms with van der Waals surface area (Å²) in [5.41, 5.74) is 0.342. The predicted octanol–water partition coefficient (Wildman–Crippen LogP) is 2.47. The van der Waals surface area contributed by atoms with Gasteiger partial charge in [-0.25, -0.2) is 0 Å². The molecule has 2 N–H and O–H groups in total. The number of nitrogens with one attached hydrogen (secondary N) is 1. The first kappa shape index (κ1) is 15.4. The molecule has 1 aromatic carbocycles. The Balaban J connectivity index is 1.83. The van der Waals surface area contributed by atoms with Crippen molar-refractivity contribution in [1.82, 2.24) is 5.32 Å². The van der Waals surface area contributed by atoms with E-state index in [1.54, 1.807) is 24.3 Å². The number of amides is 1. The molecule has 2 aromatic rings. The van der Waals surface area contributed by atoms with Crippen LogP contribution in [0.25, 0.3) is 0 Å². The topological polar surface area (TPSA) is 84.9 Å². The van der Waals surface area contributed by atoms with Gasteiger partial charge in [0.15, 0.2) is 11.5 Å². The number of carbonyl (C=O) groups is 2. The Labute approximate surface area is 136 Å². The van der Waals surface area contributed by atoms with Crippen LogP contribution in [-0.4, -0.2) is 30.2 Å². The molecule has 1 amide bonds. The van der Waals surface area contributed by atoms with E-state index in [4.69, 9.17) is 14.6 Å². The fourth-order valence-electron chi connectivity index (χ4n) is 2.38. The summed E-state index contributed by atoms with van der Waals surface area (Å²) in [5, 5.41) is 13.7. The maximum Gasteiger partial charge on any atom is 0.305 e. The van der Waals surface area contributed by atoms with Crippen LogP contribution in [0, 0.1) is 0 Å². The largest absolute Gasteiger partial charge is 0.486 e. The number of fused-ring (bicyclic) bond motifs is 1. The molecule has 1 unspecified atom stereocenters. The first-order valence-electron chi connectivity index (χ1n) is 7.10. The van der Waals surface area contributed by atoms with Crippen LogP contribution in [-0.2, 0) is 4.79 Å². The maximum absolute atomic E-state index is 12.6. The summed E-state index contributed by atoms with van der Waals surface area (Å²) < 4.78 is 11.0. The number of thiophene rings is 1. The fourth-order valence-corrected chi connectivity index (χ4v) is 3.15. The molecule has 1 aromatic heterocycles. The van der Waals surface area contributed by atoms with Crippen molar-refractivity contribution in [3.63, 3.8) is 0 Å². The molecule has 0 saturated carbocycles. The molecule has 7 heteroatoms. The second-order valence-corrected chi connectivity index (χ2v) is 5.95. The van der Waals surface area contributed by atoms with Gasteiger partial charge in [-0.3, -0.25) is 9.59 Å². The Hall–Kier alpha value is -2.54. The van der Waals surface area contributed by atoms with Crippen molar-refractivity contribution in [2.24, 2.45) is 0 Å². The van der Waals surface area contributed by atoms with Crippen LogP contribution in [0.15, 0.2) is 35.7 Å². The van der Waals surface area contributed by atoms with Crippen molar-refractivity contribution in [3.8, 4) is 11.5 Å². The first-order chi connectivity index (χ1) is 11.1. The van der Waals surface area contributed by atoms with Gasteiger partial charge in [0.25, 0.3) is 5.91 Å². The Kier molecular flexibility index (Phi) is 4.47. The van der Waals surface area contributed by atoms with E-state index < -0.39 is 12.0 Å². The molecule has 1 atom stereocenters. The molecule has 0 saturated heterocycles. The average Bonchev–Trinajstić information content (AvgIpc) is 3.07. The van der Waals surface area contributed by atoms with Crippen LogP contribution in [0.3, 0.4) is 0 Å². The van der Waals surface area contributed by atoms with Crippen LogP contribution in [0.2, 0.25) is 0 Å². The summed E-state index contributed by atoms with van der Waals surface area (Å²) >= 11 is 1.40. The van der Waals surface area contributed by atoms with Crippen molar-refractivity contribution < 1.29 is 24.2 Å². The quantitative estimate of drug-likeness (QED) is 0.878. The molecule has 0 bridgehead atoms. The SMILES string of the molecule is O=C(O)CC(NC(=O)c1cccc2c1OCCO2)c1cccs1. The van der Waals surface area contributed by atoms with E-state index in [0.717, 1.165) is 4.88 Å². The van der Waals surface area contributed by atoms with Crippen LogP contribution in [0.4, 0.5) is 0 Å². The first-order valence-corrected chi connectivity index (χ1v) is 7.98. The zero-order valence-electron chi connectivity index (χ0n) is 12.2. The molecule has 3 rings (SSSR count). The van der Waals surface area contributed by atoms with E-state index in [0.29, 0.717) is 30.3 Å². The molecule has 0 radical (unpaired) electrons. The Bertz CT molecular complexity index is 713. The third-order valence-corrected chi connectivity index (χ3v) is 4.37. The highest BCUT2D eigenvalue weighted by molar-refractivity contribution is 7.10. The summed E-state index contributed by atoms with van der Waals surface area (Å²) in [5.74, 6) is -0.434. The molecule has 0 fully saturated rings. The molecule has 0 aliphatic carbocycles. The van der Waals surface area contributed by atoms with Crippen LogP contribution in [0.1, 0.15) is 27.7 Å². The lowest BCUT2D eigenvalue weighted by molar-refractivity contribution is -0.137. The number of para-hydroxylation sites is 1. The number of ether oxygens (including phenoxy) is 2. The number of carboxylic acid groups (broad SMARTS) is 1. The number of carboxylic acids is 1. The van der Waals surface area contributed by atoms with E-state index in [1.807, 2.05) is 11.4 Å². The lowest BCUT2D eigenvalue weighted by Gasteiger charge is -2.22. The second-order valence-electron chi connectivity index (χ2n) is 4.97. The molecule has 1 aliphatic heterocycles. The number of rotatable bonds is 5. The number of benzene rings is 1. The van der Waals surface area contributed by atoms with Crippen molar-refractivity contribution in [1.29, 1.82) is 0 Å². The monoisotopic (exact) mass is 333 g/mol. The van der Waals surface area contributed by atoms with Gasteiger partial charge >= 0.3 is 5.97 Å². The van der Waals surface area contributed by atoms with Crippen molar-refractivity contribution >= 4 is 23.2 Å². The Morgan fingerprint density at radius 3 is 2.78 bits per heavy atom. The van der Waals surface area contributed by atoms with Gasteiger partial charge in [-0.2, -0.15) is 0 Å². The van der Waals surface area contributed by atoms with Gasteiger partial charge in [0.2, 0.25) is 0 Å². The summed E-state index contributed by atoms with van der Waals surface area (Å²) in [6.07, 6.45) is -0.182. The van der Waals surface area contributed by atoms with Gasteiger partial charge in [-0.15, -0.1) is 11.3 Å². The van der Waals surface area contributed by atoms with E-state index in [2.05, 4.69) is 5.32 Å². The molecule has 1 aliphatic rings. The van der Waals surface area contributed by atoms with Gasteiger partial charge in [0.1, 0.15) is 13.2 Å². The normalized spacial score (nSPS) is 14.1. The molecule has 6 nitrogen and oxygen atoms in total. The van der Waals surface area contributed by atoms with Crippen LogP contribution >= 0.6 is 11.3 Å². The third kappa shape index (κ3) is 3.45. The predicted molar refractivity (Wildman–Crippen MR) is 84.2 cm³/mol. The summed E-state index contributed by atoms with van der Waals surface area (Å²) in [6.45, 7) is 0.815. The zero-order chi connectivity index (χ0) is 16.2. The second kappa shape index (κ2) is 6.70. The van der Waals surface area contributed by atoms with Gasteiger partial charge in [0, 0.05) is 4.88 Å². The standard InChI is InChI=1S/C16H15NO5S/c18-14(19)9-11(13-5-2-8-23-13)17-16(20)10-3-1-4-12-15(10)22-7-6-21-12/h1-5,8,11H,6-7,9H2,(H,17,20)(H,18,19). The highest BCUT2D eigenvalue weighted by atomic mass is 32.1. The number of aliphatic carboxylic acids is 1. The highest BCUT2D eigenvalue weighted by Gasteiger charge is 2.24. The van der Waals surface area contributed by atoms with E-state index in [-0.39, 0.29) is 12.3 Å². The van der Waals surface area contributed by atoms with E-state index in [1.165, 1.54) is 11.3 Å². The van der Waals surface area contributed by atoms with Gasteiger partial charge in [-0.05, 0) is 23.6 Å². The highest BCUT2D eigenvalue weighted by Crippen LogP contribution is 2.34. The van der Waals surface area contributed by atoms with Crippen molar-refractivity contribution in [2.75, 3.05) is 13.2 Å². The van der Waals surface area contributed by atoms with Crippen molar-refractivity contribution in [2.45, 2.75) is 12.5 Å². The minimum Gasteiger partial charge on any atom is -0.486 e. The summed E-state index contributed by atoms with van der Waals surface area (Å²) in [7, 11) is 0. The fraction of sp³-hybridized carbons (Fsp3) is 0.250. The average molecular weight is 333 g/mol. The molecular formula is C16H15NO5S. The molecule has 23 heavy (non-hydrogen) atoms. The smallest absolute Gasteiger partial charge is 0.305 e. The lowest BCUT2D eigenvalue weighted by Crippen LogP contribution is -2.30. The minimum atomic E-state index is -0.974. The Morgan fingerprint density at radius 1 is 1.22 bits per heavy atom. The molecule has 2 heterocycles. The number of hydrogen-bond acceptors (Lipinski definition) is 5. The Morgan fingerprint density at radius 2 is 2.04 bits per heavy atom. The van der Waals surface area contributed by atoms with Crippen molar-refractivity contribution in [3.05, 3.63) is 46.2 Å². The molecule has 0 spiro atoms. The zero-order valence-corrected chi connectivity index (χ0v) is 13.0. The third-order valence-electron chi connectivity index (χ3n) is 3.38. The van der Waals surface area contributed by atoms with Crippen LogP contribution < -0.4 is 14.8 Å². The lowest BCUT2D eigenvalue weighted by atomic mass is 10.1. The summed E-state index contributed by atoms with van der Waals surface area (Å²) in [4.78, 5) is 24.4. The van der Waals surface area contributed by atoms with Gasteiger partial charge < -0.3 is 19.9 Å². The van der Waals surface area contributed by atoms with Gasteiger partial charge in [0.05, 0.1) is 18.0 Å². The number of carbonyl (C=O) groups excluding carboxylic acids is 1. The molecule has 120 valence electrons. The van der Waals surface area contributed by atoms with E-state index >= 15 is 0 Å². The minimum absolute atomic E-state index is 0.182. The summed E-state index contributed by atoms with van der Waals surface area (Å²) in [6, 6.07) is 8.12. The van der Waals surface area contributed by atoms with E-state index in [9.17, 15) is 9.59 Å². The molecular weight excluding hydrogens is 318 g/mol. The van der Waals surface area contributed by atoms with Gasteiger partial charge in [-0.1, -0.05) is 12.1 Å².